The average molecular weight is 654 g/mol. The van der Waals surface area contributed by atoms with Gasteiger partial charge < -0.3 is 29.4 Å². The van der Waals surface area contributed by atoms with Crippen molar-refractivity contribution in [1.29, 1.82) is 0 Å². The highest BCUT2D eigenvalue weighted by molar-refractivity contribution is 6.03. The van der Waals surface area contributed by atoms with Gasteiger partial charge in [0.1, 0.15) is 11.4 Å². The first-order valence-electron chi connectivity index (χ1n) is 16.1. The van der Waals surface area contributed by atoms with Crippen LogP contribution >= 0.6 is 0 Å². The van der Waals surface area contributed by atoms with Crippen LogP contribution in [0, 0.1) is 0 Å². The molecule has 1 unspecified atom stereocenters. The quantitative estimate of drug-likeness (QED) is 0.0731. The summed E-state index contributed by atoms with van der Waals surface area (Å²) in [5.41, 5.74) is 2.43. The maximum atomic E-state index is 13.0. The molecule has 0 saturated heterocycles. The van der Waals surface area contributed by atoms with Crippen molar-refractivity contribution >= 4 is 29.3 Å². The van der Waals surface area contributed by atoms with E-state index in [9.17, 15) is 19.2 Å². The molecule has 1 heterocycles. The van der Waals surface area contributed by atoms with Crippen molar-refractivity contribution in [2.24, 2.45) is 7.05 Å². The van der Waals surface area contributed by atoms with Crippen LogP contribution in [0.3, 0.4) is 0 Å². The number of hydrogen-bond acceptors (Lipinski definition) is 7. The van der Waals surface area contributed by atoms with E-state index < -0.39 is 17.9 Å². The lowest BCUT2D eigenvalue weighted by atomic mass is 10.0. The Bertz CT molecular complexity index is 1690. The smallest absolute Gasteiger partial charge is 0.343 e. The largest absolute Gasteiger partial charge is 0.494 e. The molecule has 0 fully saturated rings. The summed E-state index contributed by atoms with van der Waals surface area (Å²) in [7, 11) is 3.24. The van der Waals surface area contributed by atoms with Crippen LogP contribution in [0.2, 0.25) is 0 Å². The van der Waals surface area contributed by atoms with Crippen LogP contribution in [-0.4, -0.2) is 47.9 Å². The highest BCUT2D eigenvalue weighted by atomic mass is 16.6. The van der Waals surface area contributed by atoms with Crippen molar-refractivity contribution in [1.82, 2.24) is 9.88 Å². The minimum atomic E-state index is -0.815. The van der Waals surface area contributed by atoms with E-state index in [1.165, 1.54) is 33.3 Å². The number of aryl methyl sites for hydroxylation is 1. The van der Waals surface area contributed by atoms with Crippen LogP contribution in [-0.2, 0) is 18.3 Å². The summed E-state index contributed by atoms with van der Waals surface area (Å²) >= 11 is 0. The molecule has 4 aromatic rings. The van der Waals surface area contributed by atoms with Crippen LogP contribution in [0.5, 0.6) is 17.2 Å². The minimum absolute atomic E-state index is 0.191. The van der Waals surface area contributed by atoms with E-state index in [0.29, 0.717) is 46.2 Å². The number of unbranched alkanes of at least 4 members (excludes halogenated alkanes) is 4. The fraction of sp³-hybridized carbons (Fsp3) is 0.316. The Morgan fingerprint density at radius 1 is 0.812 bits per heavy atom. The lowest BCUT2D eigenvalue weighted by Crippen LogP contribution is -2.41. The molecule has 1 aromatic heterocycles. The summed E-state index contributed by atoms with van der Waals surface area (Å²) in [6, 6.07) is 20.9. The zero-order valence-corrected chi connectivity index (χ0v) is 27.9. The third-order valence-electron chi connectivity index (χ3n) is 7.85. The van der Waals surface area contributed by atoms with Gasteiger partial charge in [0.2, 0.25) is 0 Å². The summed E-state index contributed by atoms with van der Waals surface area (Å²) < 4.78 is 18.6. The first kappa shape index (κ1) is 35.5. The van der Waals surface area contributed by atoms with Gasteiger partial charge in [-0.2, -0.15) is 0 Å². The van der Waals surface area contributed by atoms with Crippen molar-refractivity contribution in [3.05, 3.63) is 107 Å². The van der Waals surface area contributed by atoms with E-state index in [1.807, 2.05) is 0 Å². The predicted molar refractivity (Wildman–Crippen MR) is 184 cm³/mol. The minimum Gasteiger partial charge on any atom is -0.494 e. The summed E-state index contributed by atoms with van der Waals surface area (Å²) in [4.78, 5) is 50.9. The summed E-state index contributed by atoms with van der Waals surface area (Å²) in [5.74, 6) is -0.251. The van der Waals surface area contributed by atoms with E-state index in [4.69, 9.17) is 14.2 Å². The van der Waals surface area contributed by atoms with Gasteiger partial charge in [-0.05, 0) is 98.1 Å². The number of esters is 1. The van der Waals surface area contributed by atoms with Gasteiger partial charge in [0, 0.05) is 24.5 Å². The van der Waals surface area contributed by atoms with Crippen LogP contribution < -0.4 is 24.8 Å². The number of Topliss-reactive ketones (excluding diaryl/α,β-unsaturated/α-hetero) is 1. The van der Waals surface area contributed by atoms with E-state index in [2.05, 4.69) is 17.6 Å². The molecule has 1 atom stereocenters. The number of nitrogens with zero attached hydrogens (tertiary/aromatic N) is 1. The van der Waals surface area contributed by atoms with Crippen molar-refractivity contribution in [2.75, 3.05) is 19.0 Å². The fourth-order valence-corrected chi connectivity index (χ4v) is 5.04. The number of carbonyl (C=O) groups is 4. The number of anilines is 1. The molecule has 4 rings (SSSR count). The molecule has 48 heavy (non-hydrogen) atoms. The third kappa shape index (κ3) is 10.1. The second-order valence-electron chi connectivity index (χ2n) is 11.5. The fourth-order valence-electron chi connectivity index (χ4n) is 5.04. The second-order valence-corrected chi connectivity index (χ2v) is 11.5. The molecule has 0 bridgehead atoms. The maximum absolute atomic E-state index is 13.0. The molecular weight excluding hydrogens is 610 g/mol. The molecule has 0 aliphatic rings. The molecule has 10 heteroatoms. The molecule has 3 aromatic carbocycles. The molecule has 0 aliphatic heterocycles. The number of benzene rings is 3. The molecule has 2 N–H and O–H groups in total. The molecule has 0 radical (unpaired) electrons. The monoisotopic (exact) mass is 653 g/mol. The second kappa shape index (κ2) is 17.5. The normalized spacial score (nSPS) is 11.3. The first-order chi connectivity index (χ1) is 23.2. The molecule has 2 amide bonds. The maximum Gasteiger partial charge on any atom is 0.343 e. The van der Waals surface area contributed by atoms with Crippen molar-refractivity contribution in [3.63, 3.8) is 0 Å². The zero-order chi connectivity index (χ0) is 34.5. The Labute approximate surface area is 281 Å². The van der Waals surface area contributed by atoms with Crippen LogP contribution in [0.15, 0.2) is 85.1 Å². The van der Waals surface area contributed by atoms with Gasteiger partial charge in [-0.25, -0.2) is 4.79 Å². The molecule has 0 saturated carbocycles. The number of nitrogens with one attached hydrogen (secondary N) is 2. The van der Waals surface area contributed by atoms with Crippen molar-refractivity contribution in [3.8, 4) is 17.2 Å². The number of amides is 2. The Kier molecular flexibility index (Phi) is 12.9. The number of hydrogen-bond donors (Lipinski definition) is 2. The van der Waals surface area contributed by atoms with E-state index in [-0.39, 0.29) is 23.9 Å². The number of rotatable bonds is 17. The standard InChI is InChI=1S/C38H43N3O7/c1-5-6-7-8-9-23-47-31-19-15-29(16-20-31)38(45)48-34-21-12-27(25-35(34)46-4)24-32(26(2)42)40-36(43)28-13-17-30(18-14-28)39-37(44)33-11-10-22-41(33)3/h10-22,25,32H,5-9,23-24H2,1-4H3,(H,39,44)(H,40,43). The van der Waals surface area contributed by atoms with Crippen molar-refractivity contribution < 1.29 is 33.4 Å². The van der Waals surface area contributed by atoms with Gasteiger partial charge in [0.25, 0.3) is 11.8 Å². The summed E-state index contributed by atoms with van der Waals surface area (Å²) in [5, 5.41) is 5.59. The van der Waals surface area contributed by atoms with Crippen LogP contribution in [0.4, 0.5) is 5.69 Å². The highest BCUT2D eigenvalue weighted by Gasteiger charge is 2.21. The Hall–Kier alpha value is -5.38. The summed E-state index contributed by atoms with van der Waals surface area (Å²) in [6.45, 7) is 4.23. The van der Waals surface area contributed by atoms with Gasteiger partial charge in [-0.15, -0.1) is 0 Å². The predicted octanol–water partition coefficient (Wildman–Crippen LogP) is 6.78. The van der Waals surface area contributed by atoms with Crippen molar-refractivity contribution in [2.45, 2.75) is 58.4 Å². The van der Waals surface area contributed by atoms with Gasteiger partial charge in [-0.1, -0.05) is 38.7 Å². The number of methoxy groups -OCH3 is 1. The van der Waals surface area contributed by atoms with Gasteiger partial charge in [-0.3, -0.25) is 14.4 Å². The Balaban J connectivity index is 1.32. The van der Waals surface area contributed by atoms with Gasteiger partial charge in [0.05, 0.1) is 25.3 Å². The Morgan fingerprint density at radius 2 is 1.52 bits per heavy atom. The van der Waals surface area contributed by atoms with E-state index in [0.717, 1.165) is 12.8 Å². The van der Waals surface area contributed by atoms with Gasteiger partial charge >= 0.3 is 5.97 Å². The topological polar surface area (TPSA) is 125 Å². The molecular formula is C38H43N3O7. The molecule has 0 aliphatic carbocycles. The molecule has 10 nitrogen and oxygen atoms in total. The third-order valence-corrected chi connectivity index (χ3v) is 7.85. The lowest BCUT2D eigenvalue weighted by molar-refractivity contribution is -0.118. The first-order valence-corrected chi connectivity index (χ1v) is 16.1. The molecule has 0 spiro atoms. The van der Waals surface area contributed by atoms with Crippen LogP contribution in [0.25, 0.3) is 0 Å². The number of aromatic nitrogens is 1. The van der Waals surface area contributed by atoms with E-state index in [1.54, 1.807) is 96.7 Å². The molecule has 252 valence electrons. The number of ketones is 1. The van der Waals surface area contributed by atoms with E-state index >= 15 is 0 Å². The Morgan fingerprint density at radius 3 is 2.17 bits per heavy atom. The van der Waals surface area contributed by atoms with Gasteiger partial charge in [0.15, 0.2) is 17.3 Å². The highest BCUT2D eigenvalue weighted by Crippen LogP contribution is 2.30. The SMILES string of the molecule is CCCCCCCOc1ccc(C(=O)Oc2ccc(CC(NC(=O)c3ccc(NC(=O)c4cccn4C)cc3)C(C)=O)cc2OC)cc1. The zero-order valence-electron chi connectivity index (χ0n) is 27.9. The van der Waals surface area contributed by atoms with Crippen LogP contribution in [0.1, 0.15) is 82.7 Å². The number of ether oxygens (including phenoxy) is 3. The summed E-state index contributed by atoms with van der Waals surface area (Å²) in [6.07, 6.45) is 7.74. The number of carbonyl (C=O) groups excluding carboxylic acids is 4. The average Bonchev–Trinajstić information content (AvgIpc) is 3.53. The lowest BCUT2D eigenvalue weighted by Gasteiger charge is -2.17.